The van der Waals surface area contributed by atoms with Crippen LogP contribution < -0.4 is 0 Å². The zero-order valence-corrected chi connectivity index (χ0v) is 29.6. The van der Waals surface area contributed by atoms with Crippen molar-refractivity contribution >= 4 is 64.6 Å². The first-order valence-corrected chi connectivity index (χ1v) is 18.8. The van der Waals surface area contributed by atoms with Gasteiger partial charge in [-0.05, 0) is 121 Å². The van der Waals surface area contributed by atoms with Crippen molar-refractivity contribution in [2.45, 2.75) is 0 Å². The molecule has 0 aromatic heterocycles. The minimum atomic E-state index is 1.23. The summed E-state index contributed by atoms with van der Waals surface area (Å²) in [6.07, 6.45) is 0. The van der Waals surface area contributed by atoms with Crippen molar-refractivity contribution in [3.63, 3.8) is 0 Å². The molecule has 0 bridgehead atoms. The lowest BCUT2D eigenvalue weighted by atomic mass is 9.84. The number of fused-ring (bicyclic) bond motifs is 7. The van der Waals surface area contributed by atoms with Gasteiger partial charge in [0.25, 0.3) is 0 Å². The van der Waals surface area contributed by atoms with Gasteiger partial charge in [0.05, 0.1) is 0 Å². The third-order valence-electron chi connectivity index (χ3n) is 11.4. The number of hydrogen-bond acceptors (Lipinski definition) is 0. The molecule has 11 rings (SSSR count). The van der Waals surface area contributed by atoms with Crippen LogP contribution in [0.25, 0.3) is 109 Å². The van der Waals surface area contributed by atoms with E-state index >= 15 is 0 Å². The van der Waals surface area contributed by atoms with E-state index in [2.05, 4.69) is 206 Å². The first kappa shape index (κ1) is 30.6. The molecular weight excluding hydrogens is 649 g/mol. The standard InChI is InChI=1S/C54H34/c1-3-15-37(16-4-1)51-41-19-7-11-23-45(41)53(46-24-12-8-20-42(46)51)39-31-29-35-27-28-36-30-32-40(34-50(36)49(35)33-39)54-47-25-13-9-21-43(47)52(38-17-5-2-6-18-38)44-22-10-14-26-48(44)54/h1-34H. The van der Waals surface area contributed by atoms with Gasteiger partial charge in [-0.1, -0.05) is 194 Å². The Hall–Kier alpha value is -7.02. The minimum Gasteiger partial charge on any atom is -0.0622 e. The normalized spacial score (nSPS) is 11.7. The summed E-state index contributed by atoms with van der Waals surface area (Å²) >= 11 is 0. The quantitative estimate of drug-likeness (QED) is 0.128. The Balaban J connectivity index is 1.18. The highest BCUT2D eigenvalue weighted by atomic mass is 14.2. The fourth-order valence-corrected chi connectivity index (χ4v) is 9.07. The molecule has 0 spiro atoms. The Labute approximate surface area is 314 Å². The summed E-state index contributed by atoms with van der Waals surface area (Å²) in [7, 11) is 0. The van der Waals surface area contributed by atoms with Gasteiger partial charge in [0.1, 0.15) is 0 Å². The molecule has 0 heterocycles. The van der Waals surface area contributed by atoms with E-state index in [-0.39, 0.29) is 0 Å². The molecule has 0 aliphatic carbocycles. The van der Waals surface area contributed by atoms with Crippen LogP contribution in [0.4, 0.5) is 0 Å². The highest BCUT2D eigenvalue weighted by Crippen LogP contribution is 2.46. The van der Waals surface area contributed by atoms with Crippen molar-refractivity contribution in [3.8, 4) is 44.5 Å². The molecule has 0 saturated heterocycles. The molecule has 0 atom stereocenters. The zero-order chi connectivity index (χ0) is 35.6. The van der Waals surface area contributed by atoms with Crippen molar-refractivity contribution in [3.05, 3.63) is 206 Å². The molecule has 0 aliphatic heterocycles. The van der Waals surface area contributed by atoms with Gasteiger partial charge in [-0.25, -0.2) is 0 Å². The van der Waals surface area contributed by atoms with Crippen LogP contribution in [-0.4, -0.2) is 0 Å². The second-order valence-electron chi connectivity index (χ2n) is 14.4. The van der Waals surface area contributed by atoms with Crippen LogP contribution in [0.5, 0.6) is 0 Å². The molecule has 11 aromatic carbocycles. The average Bonchev–Trinajstić information content (AvgIpc) is 3.24. The van der Waals surface area contributed by atoms with E-state index in [1.807, 2.05) is 0 Å². The SMILES string of the molecule is c1ccc(-c2c3ccccc3c(-c3ccc4ccc5ccc(-c6c7ccccc7c(-c7ccccc7)c7ccccc67)cc5c4c3)c3ccccc23)cc1. The monoisotopic (exact) mass is 682 g/mol. The fourth-order valence-electron chi connectivity index (χ4n) is 9.07. The summed E-state index contributed by atoms with van der Waals surface area (Å²) in [4.78, 5) is 0. The van der Waals surface area contributed by atoms with Crippen molar-refractivity contribution in [1.82, 2.24) is 0 Å². The van der Waals surface area contributed by atoms with Gasteiger partial charge in [0.2, 0.25) is 0 Å². The van der Waals surface area contributed by atoms with Crippen LogP contribution in [0.15, 0.2) is 206 Å². The Morgan fingerprint density at radius 2 is 0.407 bits per heavy atom. The topological polar surface area (TPSA) is 0 Å². The molecule has 0 unspecified atom stereocenters. The van der Waals surface area contributed by atoms with Crippen molar-refractivity contribution in [1.29, 1.82) is 0 Å². The summed E-state index contributed by atoms with van der Waals surface area (Å²) in [5, 5.41) is 15.2. The van der Waals surface area contributed by atoms with E-state index in [1.54, 1.807) is 0 Å². The van der Waals surface area contributed by atoms with Crippen LogP contribution in [0, 0.1) is 0 Å². The van der Waals surface area contributed by atoms with Crippen LogP contribution >= 0.6 is 0 Å². The highest BCUT2D eigenvalue weighted by molar-refractivity contribution is 6.24. The van der Waals surface area contributed by atoms with Crippen molar-refractivity contribution in [2.75, 3.05) is 0 Å². The first-order chi connectivity index (χ1) is 26.8. The van der Waals surface area contributed by atoms with E-state index in [0.717, 1.165) is 0 Å². The van der Waals surface area contributed by atoms with Gasteiger partial charge in [-0.3, -0.25) is 0 Å². The van der Waals surface area contributed by atoms with E-state index in [0.29, 0.717) is 0 Å². The predicted octanol–water partition coefficient (Wildman–Crippen LogP) is 15.3. The summed E-state index contributed by atoms with van der Waals surface area (Å²) in [6, 6.07) is 76.1. The van der Waals surface area contributed by atoms with Gasteiger partial charge in [0.15, 0.2) is 0 Å². The zero-order valence-electron chi connectivity index (χ0n) is 29.6. The lowest BCUT2D eigenvalue weighted by Gasteiger charge is -2.19. The maximum Gasteiger partial charge on any atom is -0.00261 e. The molecule has 0 fully saturated rings. The minimum absolute atomic E-state index is 1.23. The summed E-state index contributed by atoms with van der Waals surface area (Å²) in [5.74, 6) is 0. The molecular formula is C54H34. The lowest BCUT2D eigenvalue weighted by Crippen LogP contribution is -1.91. The molecule has 0 nitrogen and oxygen atoms in total. The van der Waals surface area contributed by atoms with Crippen molar-refractivity contribution < 1.29 is 0 Å². The molecule has 0 aliphatic rings. The summed E-state index contributed by atoms with van der Waals surface area (Å²) in [5.41, 5.74) is 10.1. The molecule has 0 saturated carbocycles. The average molecular weight is 683 g/mol. The molecule has 0 heteroatoms. The van der Waals surface area contributed by atoms with E-state index in [4.69, 9.17) is 0 Å². The molecule has 0 amide bonds. The third kappa shape index (κ3) is 4.71. The molecule has 250 valence electrons. The lowest BCUT2D eigenvalue weighted by molar-refractivity contribution is 1.66. The molecule has 0 radical (unpaired) electrons. The second kappa shape index (κ2) is 12.3. The Kier molecular flexibility index (Phi) is 6.97. The van der Waals surface area contributed by atoms with E-state index in [9.17, 15) is 0 Å². The van der Waals surface area contributed by atoms with Crippen molar-refractivity contribution in [2.24, 2.45) is 0 Å². The maximum absolute atomic E-state index is 2.44. The molecule has 11 aromatic rings. The Morgan fingerprint density at radius 1 is 0.167 bits per heavy atom. The van der Waals surface area contributed by atoms with Crippen LogP contribution in [0.1, 0.15) is 0 Å². The van der Waals surface area contributed by atoms with Crippen LogP contribution in [-0.2, 0) is 0 Å². The third-order valence-corrected chi connectivity index (χ3v) is 11.4. The largest absolute Gasteiger partial charge is 0.0622 e. The van der Waals surface area contributed by atoms with Crippen LogP contribution in [0.2, 0.25) is 0 Å². The second-order valence-corrected chi connectivity index (χ2v) is 14.4. The van der Waals surface area contributed by atoms with Gasteiger partial charge in [-0.15, -0.1) is 0 Å². The van der Waals surface area contributed by atoms with Gasteiger partial charge < -0.3 is 0 Å². The van der Waals surface area contributed by atoms with Gasteiger partial charge in [0, 0.05) is 0 Å². The highest BCUT2D eigenvalue weighted by Gasteiger charge is 2.19. The molecule has 0 N–H and O–H groups in total. The summed E-state index contributed by atoms with van der Waals surface area (Å²) < 4.78 is 0. The predicted molar refractivity (Wildman–Crippen MR) is 233 cm³/mol. The van der Waals surface area contributed by atoms with E-state index < -0.39 is 0 Å². The summed E-state index contributed by atoms with van der Waals surface area (Å²) in [6.45, 7) is 0. The Morgan fingerprint density at radius 3 is 0.704 bits per heavy atom. The number of benzene rings is 11. The smallest absolute Gasteiger partial charge is 0.00261 e. The first-order valence-electron chi connectivity index (χ1n) is 18.8. The molecule has 54 heavy (non-hydrogen) atoms. The van der Waals surface area contributed by atoms with Gasteiger partial charge in [-0.2, -0.15) is 0 Å². The maximum atomic E-state index is 2.44. The van der Waals surface area contributed by atoms with Crippen LogP contribution in [0.3, 0.4) is 0 Å². The number of rotatable bonds is 4. The Bertz CT molecular complexity index is 2910. The van der Waals surface area contributed by atoms with E-state index in [1.165, 1.54) is 109 Å². The fraction of sp³-hybridized carbons (Fsp3) is 0. The van der Waals surface area contributed by atoms with Gasteiger partial charge >= 0.3 is 0 Å². The number of hydrogen-bond donors (Lipinski definition) is 0.